The number of benzene rings is 1. The van der Waals surface area contributed by atoms with Crippen LogP contribution in [0.5, 0.6) is 0 Å². The Labute approximate surface area is 155 Å². The minimum absolute atomic E-state index is 0.00766. The molecule has 6 heteroatoms. The van der Waals surface area contributed by atoms with Gasteiger partial charge in [0.2, 0.25) is 11.8 Å². The Kier molecular flexibility index (Phi) is 6.27. The lowest BCUT2D eigenvalue weighted by Crippen LogP contribution is -2.52. The predicted molar refractivity (Wildman–Crippen MR) is 103 cm³/mol. The lowest BCUT2D eigenvalue weighted by Gasteiger charge is -2.34. The van der Waals surface area contributed by atoms with Crippen molar-refractivity contribution in [2.75, 3.05) is 51.1 Å². The summed E-state index contributed by atoms with van der Waals surface area (Å²) in [5.41, 5.74) is 3.06. The fraction of sp³-hybridized carbons (Fsp3) is 0.600. The summed E-state index contributed by atoms with van der Waals surface area (Å²) in [6.07, 6.45) is 2.59. The number of piperazine rings is 1. The van der Waals surface area contributed by atoms with Crippen LogP contribution in [-0.4, -0.2) is 67.4 Å². The van der Waals surface area contributed by atoms with Crippen LogP contribution in [0.3, 0.4) is 0 Å². The average molecular weight is 358 g/mol. The summed E-state index contributed by atoms with van der Waals surface area (Å²) in [6, 6.07) is 6.00. The number of anilines is 1. The van der Waals surface area contributed by atoms with E-state index in [9.17, 15) is 9.59 Å². The van der Waals surface area contributed by atoms with Gasteiger partial charge in [0.25, 0.3) is 0 Å². The molecule has 1 heterocycles. The Morgan fingerprint density at radius 3 is 2.35 bits per heavy atom. The Morgan fingerprint density at radius 1 is 1.08 bits per heavy atom. The van der Waals surface area contributed by atoms with E-state index in [-0.39, 0.29) is 11.8 Å². The fourth-order valence-corrected chi connectivity index (χ4v) is 3.37. The Hall–Kier alpha value is -1.92. The number of carbonyl (C=O) groups is 2. The minimum Gasteiger partial charge on any atom is -0.339 e. The van der Waals surface area contributed by atoms with E-state index in [0.717, 1.165) is 42.4 Å². The van der Waals surface area contributed by atoms with E-state index in [0.29, 0.717) is 26.2 Å². The first-order chi connectivity index (χ1) is 12.5. The van der Waals surface area contributed by atoms with Crippen molar-refractivity contribution in [2.45, 2.75) is 26.7 Å². The number of aryl methyl sites for hydroxylation is 2. The second-order valence-electron chi connectivity index (χ2n) is 7.55. The first-order valence-corrected chi connectivity index (χ1v) is 9.60. The van der Waals surface area contributed by atoms with Crippen molar-refractivity contribution < 1.29 is 9.59 Å². The van der Waals surface area contributed by atoms with Crippen molar-refractivity contribution in [1.29, 1.82) is 0 Å². The summed E-state index contributed by atoms with van der Waals surface area (Å²) < 4.78 is 0. The summed E-state index contributed by atoms with van der Waals surface area (Å²) in [4.78, 5) is 28.6. The van der Waals surface area contributed by atoms with Gasteiger partial charge in [-0.15, -0.1) is 0 Å². The Morgan fingerprint density at radius 2 is 1.73 bits per heavy atom. The smallest absolute Gasteiger partial charge is 0.238 e. The van der Waals surface area contributed by atoms with Gasteiger partial charge in [0.15, 0.2) is 0 Å². The van der Waals surface area contributed by atoms with Crippen LogP contribution in [0.25, 0.3) is 0 Å². The van der Waals surface area contributed by atoms with Crippen molar-refractivity contribution in [2.24, 2.45) is 5.92 Å². The molecule has 0 radical (unpaired) electrons. The molecule has 0 unspecified atom stereocenters. The molecular formula is C20H30N4O2. The zero-order valence-electron chi connectivity index (χ0n) is 15.9. The van der Waals surface area contributed by atoms with Crippen LogP contribution in [0.1, 0.15) is 24.0 Å². The maximum Gasteiger partial charge on any atom is 0.238 e. The van der Waals surface area contributed by atoms with Crippen LogP contribution in [-0.2, 0) is 9.59 Å². The van der Waals surface area contributed by atoms with Gasteiger partial charge in [-0.3, -0.25) is 14.5 Å². The van der Waals surface area contributed by atoms with Crippen LogP contribution in [0.15, 0.2) is 18.2 Å². The van der Waals surface area contributed by atoms with Crippen LogP contribution < -0.4 is 10.6 Å². The molecule has 1 aliphatic carbocycles. The van der Waals surface area contributed by atoms with Crippen LogP contribution in [0.4, 0.5) is 5.69 Å². The standard InChI is InChI=1S/C20H30N4O2/c1-15-4-3-5-16(2)20(15)22-18(25)14-23-8-10-24(11-9-23)19(26)13-21-12-17-6-7-17/h3-5,17,21H,6-14H2,1-2H3,(H,22,25). The summed E-state index contributed by atoms with van der Waals surface area (Å²) in [5.74, 6) is 0.966. The highest BCUT2D eigenvalue weighted by atomic mass is 16.2. The van der Waals surface area contributed by atoms with E-state index in [4.69, 9.17) is 0 Å². The second kappa shape index (κ2) is 8.64. The molecule has 142 valence electrons. The normalized spacial score (nSPS) is 18.0. The van der Waals surface area contributed by atoms with Gasteiger partial charge in [0, 0.05) is 31.9 Å². The van der Waals surface area contributed by atoms with Crippen LogP contribution in [0.2, 0.25) is 0 Å². The summed E-state index contributed by atoms with van der Waals surface area (Å²) in [5, 5.41) is 6.29. The number of amides is 2. The highest BCUT2D eigenvalue weighted by Crippen LogP contribution is 2.27. The van der Waals surface area contributed by atoms with E-state index in [1.807, 2.05) is 36.9 Å². The Balaban J connectivity index is 1.39. The van der Waals surface area contributed by atoms with E-state index in [1.165, 1.54) is 12.8 Å². The molecular weight excluding hydrogens is 328 g/mol. The van der Waals surface area contributed by atoms with Gasteiger partial charge in [0.1, 0.15) is 0 Å². The summed E-state index contributed by atoms with van der Waals surface area (Å²) >= 11 is 0. The maximum atomic E-state index is 12.4. The molecule has 0 atom stereocenters. The quantitative estimate of drug-likeness (QED) is 0.773. The molecule has 1 saturated heterocycles. The highest BCUT2D eigenvalue weighted by molar-refractivity contribution is 5.93. The number of hydrogen-bond donors (Lipinski definition) is 2. The van der Waals surface area contributed by atoms with Gasteiger partial charge in [-0.05, 0) is 50.3 Å². The molecule has 3 rings (SSSR count). The van der Waals surface area contributed by atoms with Crippen molar-refractivity contribution in [3.63, 3.8) is 0 Å². The number of carbonyl (C=O) groups excluding carboxylic acids is 2. The molecule has 2 fully saturated rings. The lowest BCUT2D eigenvalue weighted by atomic mass is 10.1. The molecule has 2 amide bonds. The van der Waals surface area contributed by atoms with Crippen molar-refractivity contribution >= 4 is 17.5 Å². The molecule has 1 aromatic rings. The minimum atomic E-state index is 0.00766. The summed E-state index contributed by atoms with van der Waals surface area (Å²) in [7, 11) is 0. The number of hydrogen-bond acceptors (Lipinski definition) is 4. The van der Waals surface area contributed by atoms with Gasteiger partial charge in [-0.25, -0.2) is 0 Å². The van der Waals surface area contributed by atoms with Gasteiger partial charge in [-0.2, -0.15) is 0 Å². The largest absolute Gasteiger partial charge is 0.339 e. The second-order valence-corrected chi connectivity index (χ2v) is 7.55. The van der Waals surface area contributed by atoms with Gasteiger partial charge in [0.05, 0.1) is 13.1 Å². The number of rotatable bonds is 7. The third kappa shape index (κ3) is 5.29. The first kappa shape index (κ1) is 18.9. The van der Waals surface area contributed by atoms with E-state index in [1.54, 1.807) is 0 Å². The van der Waals surface area contributed by atoms with E-state index >= 15 is 0 Å². The van der Waals surface area contributed by atoms with Gasteiger partial charge >= 0.3 is 0 Å². The average Bonchev–Trinajstić information content (AvgIpc) is 3.43. The molecule has 1 saturated carbocycles. The van der Waals surface area contributed by atoms with Crippen LogP contribution >= 0.6 is 0 Å². The highest BCUT2D eigenvalue weighted by Gasteiger charge is 2.24. The predicted octanol–water partition coefficient (Wildman–Crippen LogP) is 1.39. The van der Waals surface area contributed by atoms with Crippen molar-refractivity contribution in [3.05, 3.63) is 29.3 Å². The molecule has 0 aromatic heterocycles. The van der Waals surface area contributed by atoms with Gasteiger partial charge < -0.3 is 15.5 Å². The third-order valence-corrected chi connectivity index (χ3v) is 5.24. The Bertz CT molecular complexity index is 629. The summed E-state index contributed by atoms with van der Waals surface area (Å²) in [6.45, 7) is 8.66. The van der Waals surface area contributed by atoms with E-state index in [2.05, 4.69) is 15.5 Å². The topological polar surface area (TPSA) is 64.7 Å². The molecule has 1 aromatic carbocycles. The molecule has 2 aliphatic rings. The maximum absolute atomic E-state index is 12.4. The molecule has 0 bridgehead atoms. The molecule has 0 spiro atoms. The first-order valence-electron chi connectivity index (χ1n) is 9.60. The SMILES string of the molecule is Cc1cccc(C)c1NC(=O)CN1CCN(C(=O)CNCC2CC2)CC1. The van der Waals surface area contributed by atoms with Gasteiger partial charge in [-0.1, -0.05) is 18.2 Å². The zero-order chi connectivity index (χ0) is 18.5. The van der Waals surface area contributed by atoms with Crippen molar-refractivity contribution in [1.82, 2.24) is 15.1 Å². The number of nitrogens with zero attached hydrogens (tertiary/aromatic N) is 2. The third-order valence-electron chi connectivity index (χ3n) is 5.24. The zero-order valence-corrected chi connectivity index (χ0v) is 15.9. The molecule has 2 N–H and O–H groups in total. The van der Waals surface area contributed by atoms with Crippen molar-refractivity contribution in [3.8, 4) is 0 Å². The molecule has 6 nitrogen and oxygen atoms in total. The lowest BCUT2D eigenvalue weighted by molar-refractivity contribution is -0.132. The number of para-hydroxylation sites is 1. The number of nitrogens with one attached hydrogen (secondary N) is 2. The molecule has 1 aliphatic heterocycles. The van der Waals surface area contributed by atoms with Crippen LogP contribution in [0, 0.1) is 19.8 Å². The monoisotopic (exact) mass is 358 g/mol. The fourth-order valence-electron chi connectivity index (χ4n) is 3.37. The van der Waals surface area contributed by atoms with E-state index < -0.39 is 0 Å². The molecule has 26 heavy (non-hydrogen) atoms.